The molecule has 4 heteroatoms. The first-order valence-electron chi connectivity index (χ1n) is 5.59. The summed E-state index contributed by atoms with van der Waals surface area (Å²) in [6.45, 7) is 2.01. The van der Waals surface area contributed by atoms with Crippen LogP contribution in [-0.2, 0) is 9.53 Å². The number of fused-ring (bicyclic) bond motifs is 1. The number of hydrogen-bond donors (Lipinski definition) is 0. The fourth-order valence-electron chi connectivity index (χ4n) is 1.68. The molecule has 0 atom stereocenters. The lowest BCUT2D eigenvalue weighted by Gasteiger charge is -2.03. The van der Waals surface area contributed by atoms with E-state index in [2.05, 4.69) is 4.98 Å². The van der Waals surface area contributed by atoms with Crippen LogP contribution in [0.4, 0.5) is 4.39 Å². The summed E-state index contributed by atoms with van der Waals surface area (Å²) < 4.78 is 18.5. The van der Waals surface area contributed by atoms with Crippen LogP contribution in [0.3, 0.4) is 0 Å². The summed E-state index contributed by atoms with van der Waals surface area (Å²) in [5.41, 5.74) is 0.364. The molecule has 0 unspecified atom stereocenters. The largest absolute Gasteiger partial charge is 0.463 e. The topological polar surface area (TPSA) is 39.2 Å². The average Bonchev–Trinajstić information content (AvgIpc) is 2.38. The molecule has 0 aliphatic carbocycles. The summed E-state index contributed by atoms with van der Waals surface area (Å²) in [5, 5.41) is 1.54. The third-order valence-electron chi connectivity index (χ3n) is 2.48. The van der Waals surface area contributed by atoms with Crippen molar-refractivity contribution in [3.05, 3.63) is 48.0 Å². The molecule has 0 N–H and O–H groups in total. The van der Waals surface area contributed by atoms with E-state index >= 15 is 0 Å². The molecule has 1 aromatic heterocycles. The van der Waals surface area contributed by atoms with Crippen molar-refractivity contribution in [2.24, 2.45) is 0 Å². The number of pyridine rings is 1. The van der Waals surface area contributed by atoms with Crippen LogP contribution in [0.15, 0.2) is 36.7 Å². The molecular formula is C14H12FNO2. The van der Waals surface area contributed by atoms with Gasteiger partial charge in [-0.15, -0.1) is 0 Å². The molecule has 0 amide bonds. The Morgan fingerprint density at radius 3 is 3.06 bits per heavy atom. The van der Waals surface area contributed by atoms with Crippen molar-refractivity contribution in [3.63, 3.8) is 0 Å². The molecule has 0 aliphatic rings. The van der Waals surface area contributed by atoms with Crippen molar-refractivity contribution in [3.8, 4) is 0 Å². The van der Waals surface area contributed by atoms with Gasteiger partial charge in [0.2, 0.25) is 0 Å². The summed E-state index contributed by atoms with van der Waals surface area (Å²) in [7, 11) is 0. The molecule has 1 aromatic carbocycles. The Kier molecular flexibility index (Phi) is 3.67. The molecule has 0 bridgehead atoms. The van der Waals surface area contributed by atoms with Gasteiger partial charge in [-0.3, -0.25) is 4.98 Å². The third-order valence-corrected chi connectivity index (χ3v) is 2.48. The van der Waals surface area contributed by atoms with Crippen LogP contribution in [0, 0.1) is 5.82 Å². The SMILES string of the molecule is CCOC(=O)/C=C/c1c(F)ccc2cnccc12. The lowest BCUT2D eigenvalue weighted by molar-refractivity contribution is -0.137. The molecule has 18 heavy (non-hydrogen) atoms. The predicted molar refractivity (Wildman–Crippen MR) is 67.4 cm³/mol. The molecule has 0 aliphatic heterocycles. The third kappa shape index (κ3) is 2.53. The molecular weight excluding hydrogens is 233 g/mol. The minimum atomic E-state index is -0.483. The Labute approximate surface area is 104 Å². The van der Waals surface area contributed by atoms with E-state index in [1.165, 1.54) is 18.2 Å². The highest BCUT2D eigenvalue weighted by molar-refractivity contribution is 5.94. The van der Waals surface area contributed by atoms with E-state index in [1.807, 2.05) is 0 Å². The lowest BCUT2D eigenvalue weighted by Crippen LogP contribution is -1.99. The van der Waals surface area contributed by atoms with Crippen molar-refractivity contribution in [1.82, 2.24) is 4.98 Å². The molecule has 0 fully saturated rings. The first-order chi connectivity index (χ1) is 8.72. The van der Waals surface area contributed by atoms with Crippen molar-refractivity contribution in [2.45, 2.75) is 6.92 Å². The molecule has 0 saturated carbocycles. The Morgan fingerprint density at radius 2 is 2.28 bits per heavy atom. The quantitative estimate of drug-likeness (QED) is 0.616. The fourth-order valence-corrected chi connectivity index (χ4v) is 1.68. The zero-order valence-electron chi connectivity index (χ0n) is 9.89. The van der Waals surface area contributed by atoms with E-state index in [0.29, 0.717) is 17.6 Å². The Morgan fingerprint density at radius 1 is 1.44 bits per heavy atom. The summed E-state index contributed by atoms with van der Waals surface area (Å²) in [6.07, 6.45) is 5.89. The number of halogens is 1. The van der Waals surface area contributed by atoms with Crippen molar-refractivity contribution in [1.29, 1.82) is 0 Å². The van der Waals surface area contributed by atoms with Gasteiger partial charge in [0.25, 0.3) is 0 Å². The van der Waals surface area contributed by atoms with Gasteiger partial charge in [0.1, 0.15) is 5.82 Å². The number of carbonyl (C=O) groups excluding carboxylic acids is 1. The van der Waals surface area contributed by atoms with E-state index in [0.717, 1.165) is 5.39 Å². The first kappa shape index (κ1) is 12.2. The molecule has 1 heterocycles. The summed E-state index contributed by atoms with van der Waals surface area (Å²) in [4.78, 5) is 15.2. The monoisotopic (exact) mass is 245 g/mol. The fraction of sp³-hybridized carbons (Fsp3) is 0.143. The van der Waals surface area contributed by atoms with Gasteiger partial charge in [0.15, 0.2) is 0 Å². The van der Waals surface area contributed by atoms with Crippen molar-refractivity contribution < 1.29 is 13.9 Å². The van der Waals surface area contributed by atoms with E-state index < -0.39 is 5.97 Å². The Bertz CT molecular complexity index is 608. The number of ether oxygens (including phenoxy) is 1. The zero-order valence-corrected chi connectivity index (χ0v) is 9.89. The normalized spacial score (nSPS) is 11.0. The second-order valence-corrected chi connectivity index (χ2v) is 3.64. The average molecular weight is 245 g/mol. The summed E-state index contributed by atoms with van der Waals surface area (Å²) >= 11 is 0. The smallest absolute Gasteiger partial charge is 0.330 e. The van der Waals surface area contributed by atoms with Crippen LogP contribution in [-0.4, -0.2) is 17.6 Å². The molecule has 2 aromatic rings. The number of nitrogens with zero attached hydrogens (tertiary/aromatic N) is 1. The van der Waals surface area contributed by atoms with Crippen LogP contribution in [0.25, 0.3) is 16.8 Å². The van der Waals surface area contributed by atoms with Gasteiger partial charge >= 0.3 is 5.97 Å². The van der Waals surface area contributed by atoms with E-state index in [-0.39, 0.29) is 5.82 Å². The van der Waals surface area contributed by atoms with Gasteiger partial charge in [-0.1, -0.05) is 0 Å². The van der Waals surface area contributed by atoms with Crippen molar-refractivity contribution >= 4 is 22.8 Å². The van der Waals surface area contributed by atoms with Gasteiger partial charge in [-0.25, -0.2) is 9.18 Å². The van der Waals surface area contributed by atoms with E-state index in [9.17, 15) is 9.18 Å². The minimum absolute atomic E-state index is 0.297. The molecule has 0 spiro atoms. The van der Waals surface area contributed by atoms with E-state index in [4.69, 9.17) is 4.74 Å². The number of benzene rings is 1. The predicted octanol–water partition coefficient (Wildman–Crippen LogP) is 2.95. The summed E-state index contributed by atoms with van der Waals surface area (Å²) in [6, 6.07) is 4.72. The van der Waals surface area contributed by atoms with Gasteiger partial charge in [0.05, 0.1) is 6.61 Å². The lowest BCUT2D eigenvalue weighted by atomic mass is 10.1. The highest BCUT2D eigenvalue weighted by Crippen LogP contribution is 2.22. The molecule has 92 valence electrons. The van der Waals surface area contributed by atoms with Crippen LogP contribution in [0.1, 0.15) is 12.5 Å². The van der Waals surface area contributed by atoms with Crippen molar-refractivity contribution in [2.75, 3.05) is 6.61 Å². The maximum absolute atomic E-state index is 13.7. The van der Waals surface area contributed by atoms with Gasteiger partial charge in [0, 0.05) is 29.4 Å². The molecule has 0 radical (unpaired) electrons. The molecule has 2 rings (SSSR count). The number of esters is 1. The number of carbonyl (C=O) groups is 1. The second-order valence-electron chi connectivity index (χ2n) is 3.64. The maximum Gasteiger partial charge on any atom is 0.330 e. The van der Waals surface area contributed by atoms with E-state index in [1.54, 1.807) is 31.5 Å². The molecule has 0 saturated heterocycles. The zero-order chi connectivity index (χ0) is 13.0. The van der Waals surface area contributed by atoms with Gasteiger partial charge < -0.3 is 4.74 Å². The second kappa shape index (κ2) is 5.40. The Balaban J connectivity index is 2.43. The van der Waals surface area contributed by atoms with Crippen LogP contribution in [0.2, 0.25) is 0 Å². The Hall–Kier alpha value is -2.23. The molecule has 3 nitrogen and oxygen atoms in total. The number of aromatic nitrogens is 1. The number of hydrogen-bond acceptors (Lipinski definition) is 3. The minimum Gasteiger partial charge on any atom is -0.463 e. The van der Waals surface area contributed by atoms with Crippen LogP contribution >= 0.6 is 0 Å². The van der Waals surface area contributed by atoms with Gasteiger partial charge in [-0.2, -0.15) is 0 Å². The maximum atomic E-state index is 13.7. The highest BCUT2D eigenvalue weighted by atomic mass is 19.1. The first-order valence-corrected chi connectivity index (χ1v) is 5.59. The number of rotatable bonds is 3. The standard InChI is InChI=1S/C14H12FNO2/c1-2-18-14(17)6-4-12-11-7-8-16-9-10(11)3-5-13(12)15/h3-9H,2H2,1H3/b6-4+. The van der Waals surface area contributed by atoms with Gasteiger partial charge in [-0.05, 0) is 36.6 Å². The highest BCUT2D eigenvalue weighted by Gasteiger charge is 2.05. The van der Waals surface area contributed by atoms with Crippen LogP contribution in [0.5, 0.6) is 0 Å². The summed E-state index contributed by atoms with van der Waals surface area (Å²) in [5.74, 6) is -0.864. The van der Waals surface area contributed by atoms with Crippen LogP contribution < -0.4 is 0 Å².